The summed E-state index contributed by atoms with van der Waals surface area (Å²) in [5.74, 6) is -0.480. The van der Waals surface area contributed by atoms with E-state index in [4.69, 9.17) is 5.73 Å². The number of benzene rings is 1. The number of aromatic amines is 1. The zero-order valence-electron chi connectivity index (χ0n) is 10.0. The monoisotopic (exact) mass is 275 g/mol. The standard InChI is InChI=1S/C12H10FN5S/c1-6-2-3-8-9(4-6)17-12(16-8)19-10-7(13)5-15-11(14)18-10/h2-5H,1H3,(H,16,17)(H2,14,15,18). The van der Waals surface area contributed by atoms with Crippen LogP contribution in [0.5, 0.6) is 0 Å². The van der Waals surface area contributed by atoms with Gasteiger partial charge in [0.05, 0.1) is 17.2 Å². The van der Waals surface area contributed by atoms with Gasteiger partial charge in [0.2, 0.25) is 5.95 Å². The van der Waals surface area contributed by atoms with E-state index >= 15 is 0 Å². The Bertz CT molecular complexity index is 755. The van der Waals surface area contributed by atoms with Gasteiger partial charge in [-0.05, 0) is 36.4 Å². The van der Waals surface area contributed by atoms with E-state index < -0.39 is 5.82 Å². The largest absolute Gasteiger partial charge is 0.368 e. The molecule has 2 heterocycles. The van der Waals surface area contributed by atoms with Crippen molar-refractivity contribution in [3.63, 3.8) is 0 Å². The number of aromatic nitrogens is 4. The summed E-state index contributed by atoms with van der Waals surface area (Å²) in [5, 5.41) is 0.723. The minimum atomic E-state index is -0.518. The summed E-state index contributed by atoms with van der Waals surface area (Å²) in [4.78, 5) is 14.9. The molecule has 0 aliphatic carbocycles. The highest BCUT2D eigenvalue weighted by molar-refractivity contribution is 7.99. The Morgan fingerprint density at radius 2 is 2.16 bits per heavy atom. The number of anilines is 1. The molecule has 0 spiro atoms. The number of halogens is 1. The average Bonchev–Trinajstić information content (AvgIpc) is 2.75. The van der Waals surface area contributed by atoms with Crippen LogP contribution in [0.3, 0.4) is 0 Å². The van der Waals surface area contributed by atoms with Gasteiger partial charge in [-0.2, -0.15) is 0 Å². The molecular formula is C12H10FN5S. The first kappa shape index (κ1) is 11.9. The van der Waals surface area contributed by atoms with Crippen LogP contribution in [-0.4, -0.2) is 19.9 Å². The van der Waals surface area contributed by atoms with Gasteiger partial charge in [-0.25, -0.2) is 19.3 Å². The van der Waals surface area contributed by atoms with Crippen LogP contribution in [0.2, 0.25) is 0 Å². The van der Waals surface area contributed by atoms with Crippen molar-refractivity contribution in [2.75, 3.05) is 5.73 Å². The smallest absolute Gasteiger partial charge is 0.221 e. The third kappa shape index (κ3) is 2.37. The second kappa shape index (κ2) is 4.51. The molecule has 96 valence electrons. The van der Waals surface area contributed by atoms with Gasteiger partial charge in [-0.1, -0.05) is 6.07 Å². The normalized spacial score (nSPS) is 11.1. The molecule has 0 saturated heterocycles. The van der Waals surface area contributed by atoms with E-state index in [0.29, 0.717) is 5.16 Å². The van der Waals surface area contributed by atoms with Crippen molar-refractivity contribution >= 4 is 28.7 Å². The van der Waals surface area contributed by atoms with E-state index in [9.17, 15) is 4.39 Å². The Hall–Kier alpha value is -2.15. The van der Waals surface area contributed by atoms with Crippen LogP contribution in [-0.2, 0) is 0 Å². The quantitative estimate of drug-likeness (QED) is 0.702. The molecular weight excluding hydrogens is 265 g/mol. The average molecular weight is 275 g/mol. The lowest BCUT2D eigenvalue weighted by atomic mass is 10.2. The van der Waals surface area contributed by atoms with Gasteiger partial charge >= 0.3 is 0 Å². The van der Waals surface area contributed by atoms with E-state index in [0.717, 1.165) is 34.6 Å². The number of H-pyrrole nitrogens is 1. The van der Waals surface area contributed by atoms with Crippen LogP contribution in [0.1, 0.15) is 5.56 Å². The summed E-state index contributed by atoms with van der Waals surface area (Å²) in [6, 6.07) is 5.87. The maximum atomic E-state index is 13.5. The first-order valence-electron chi connectivity index (χ1n) is 5.54. The Labute approximate surface area is 112 Å². The molecule has 0 radical (unpaired) electrons. The Balaban J connectivity index is 1.98. The first-order valence-corrected chi connectivity index (χ1v) is 6.36. The van der Waals surface area contributed by atoms with Gasteiger partial charge in [0, 0.05) is 0 Å². The van der Waals surface area contributed by atoms with Crippen LogP contribution < -0.4 is 5.73 Å². The molecule has 7 heteroatoms. The number of nitrogens with two attached hydrogens (primary N) is 1. The molecule has 0 amide bonds. The van der Waals surface area contributed by atoms with Crippen molar-refractivity contribution in [1.29, 1.82) is 0 Å². The molecule has 3 N–H and O–H groups in total. The number of nitrogens with zero attached hydrogens (tertiary/aromatic N) is 3. The molecule has 3 aromatic rings. The topological polar surface area (TPSA) is 80.5 Å². The number of imidazole rings is 1. The van der Waals surface area contributed by atoms with Crippen LogP contribution in [0, 0.1) is 12.7 Å². The number of hydrogen-bond acceptors (Lipinski definition) is 5. The number of rotatable bonds is 2. The van der Waals surface area contributed by atoms with Gasteiger partial charge in [-0.3, -0.25) is 0 Å². The van der Waals surface area contributed by atoms with Crippen molar-refractivity contribution in [1.82, 2.24) is 19.9 Å². The highest BCUT2D eigenvalue weighted by Crippen LogP contribution is 2.28. The van der Waals surface area contributed by atoms with Crippen LogP contribution in [0.4, 0.5) is 10.3 Å². The third-order valence-electron chi connectivity index (χ3n) is 2.54. The fraction of sp³-hybridized carbons (Fsp3) is 0.0833. The molecule has 0 aliphatic heterocycles. The molecule has 1 aromatic carbocycles. The summed E-state index contributed by atoms with van der Waals surface area (Å²) in [5.41, 5.74) is 8.31. The molecule has 19 heavy (non-hydrogen) atoms. The predicted octanol–water partition coefficient (Wildman–Crippen LogP) is 2.53. The lowest BCUT2D eigenvalue weighted by molar-refractivity contribution is 0.580. The highest BCUT2D eigenvalue weighted by Gasteiger charge is 2.11. The van der Waals surface area contributed by atoms with E-state index in [-0.39, 0.29) is 11.0 Å². The van der Waals surface area contributed by atoms with Gasteiger partial charge in [0.25, 0.3) is 0 Å². The lowest BCUT2D eigenvalue weighted by Gasteiger charge is -1.99. The summed E-state index contributed by atoms with van der Waals surface area (Å²) in [6.07, 6.45) is 1.05. The number of nitrogens with one attached hydrogen (secondary N) is 1. The van der Waals surface area contributed by atoms with Gasteiger partial charge in [0.1, 0.15) is 5.03 Å². The van der Waals surface area contributed by atoms with Gasteiger partial charge in [0.15, 0.2) is 11.0 Å². The van der Waals surface area contributed by atoms with Gasteiger partial charge < -0.3 is 10.7 Å². The zero-order valence-corrected chi connectivity index (χ0v) is 10.8. The summed E-state index contributed by atoms with van der Waals surface area (Å²) >= 11 is 1.09. The number of nitrogen functional groups attached to an aromatic ring is 1. The van der Waals surface area contributed by atoms with Crippen LogP contribution in [0.25, 0.3) is 11.0 Å². The number of hydrogen-bond donors (Lipinski definition) is 2. The molecule has 5 nitrogen and oxygen atoms in total. The van der Waals surface area contributed by atoms with Crippen molar-refractivity contribution in [2.45, 2.75) is 17.1 Å². The van der Waals surface area contributed by atoms with E-state index in [2.05, 4.69) is 19.9 Å². The van der Waals surface area contributed by atoms with Crippen LogP contribution >= 0.6 is 11.8 Å². The van der Waals surface area contributed by atoms with E-state index in [1.807, 2.05) is 25.1 Å². The second-order valence-corrected chi connectivity index (χ2v) is 5.02. The SMILES string of the molecule is Cc1ccc2nc(Sc3nc(N)ncc3F)[nH]c2c1. The minimum Gasteiger partial charge on any atom is -0.368 e. The zero-order chi connectivity index (χ0) is 13.4. The molecule has 0 saturated carbocycles. The lowest BCUT2D eigenvalue weighted by Crippen LogP contribution is -1.97. The third-order valence-corrected chi connectivity index (χ3v) is 3.41. The molecule has 3 rings (SSSR count). The summed E-state index contributed by atoms with van der Waals surface area (Å²) in [6.45, 7) is 2.00. The molecule has 0 fully saturated rings. The second-order valence-electron chi connectivity index (χ2n) is 4.05. The number of aryl methyl sites for hydroxylation is 1. The number of fused-ring (bicyclic) bond motifs is 1. The molecule has 0 atom stereocenters. The maximum absolute atomic E-state index is 13.5. The Morgan fingerprint density at radius 1 is 1.32 bits per heavy atom. The van der Waals surface area contributed by atoms with Crippen molar-refractivity contribution < 1.29 is 4.39 Å². The molecule has 0 bridgehead atoms. The van der Waals surface area contributed by atoms with E-state index in [1.165, 1.54) is 0 Å². The fourth-order valence-electron chi connectivity index (χ4n) is 1.68. The fourth-order valence-corrected chi connectivity index (χ4v) is 2.45. The maximum Gasteiger partial charge on any atom is 0.221 e. The minimum absolute atomic E-state index is 0.0378. The Morgan fingerprint density at radius 3 is 3.00 bits per heavy atom. The molecule has 2 aromatic heterocycles. The Kier molecular flexibility index (Phi) is 2.83. The molecule has 0 unspecified atom stereocenters. The van der Waals surface area contributed by atoms with E-state index in [1.54, 1.807) is 0 Å². The molecule has 0 aliphatic rings. The highest BCUT2D eigenvalue weighted by atomic mass is 32.2. The summed E-state index contributed by atoms with van der Waals surface area (Å²) < 4.78 is 13.5. The van der Waals surface area contributed by atoms with Crippen molar-refractivity contribution in [3.05, 3.63) is 35.8 Å². The van der Waals surface area contributed by atoms with Crippen molar-refractivity contribution in [3.8, 4) is 0 Å². The predicted molar refractivity (Wildman–Crippen MR) is 71.4 cm³/mol. The first-order chi connectivity index (χ1) is 9.11. The summed E-state index contributed by atoms with van der Waals surface area (Å²) in [7, 11) is 0. The van der Waals surface area contributed by atoms with Crippen LogP contribution in [0.15, 0.2) is 34.6 Å². The van der Waals surface area contributed by atoms with Gasteiger partial charge in [-0.15, -0.1) is 0 Å². The van der Waals surface area contributed by atoms with Crippen molar-refractivity contribution in [2.24, 2.45) is 0 Å².